The Hall–Kier alpha value is -3.24. The molecule has 0 spiro atoms. The van der Waals surface area contributed by atoms with E-state index in [2.05, 4.69) is 49.9 Å². The largest absolute Gasteiger partial charge is 0.508 e. The minimum absolute atomic E-state index is 0.267. The summed E-state index contributed by atoms with van der Waals surface area (Å²) in [6.07, 6.45) is 0.822. The Labute approximate surface area is 198 Å². The van der Waals surface area contributed by atoms with Gasteiger partial charge in [-0.25, -0.2) is 0 Å². The van der Waals surface area contributed by atoms with Crippen LogP contribution in [0.15, 0.2) is 78.4 Å². The molecular formula is C29H35NO3. The van der Waals surface area contributed by atoms with Crippen LogP contribution in [0.1, 0.15) is 37.5 Å². The topological polar surface area (TPSA) is 41.9 Å². The normalized spacial score (nSPS) is 11.9. The van der Waals surface area contributed by atoms with Gasteiger partial charge in [0.05, 0.1) is 7.11 Å². The first-order valence-corrected chi connectivity index (χ1v) is 11.6. The number of hydrogen-bond donors (Lipinski definition) is 1. The van der Waals surface area contributed by atoms with Crippen LogP contribution < -0.4 is 9.47 Å². The molecule has 4 heteroatoms. The first-order chi connectivity index (χ1) is 16.0. The maximum atomic E-state index is 9.78. The number of aromatic hydroxyl groups is 1. The highest BCUT2D eigenvalue weighted by Crippen LogP contribution is 2.31. The summed E-state index contributed by atoms with van der Waals surface area (Å²) in [6, 6.07) is 23.9. The van der Waals surface area contributed by atoms with Gasteiger partial charge < -0.3 is 19.5 Å². The van der Waals surface area contributed by atoms with Crippen LogP contribution in [0, 0.1) is 0 Å². The number of phenols is 1. The number of methoxy groups -OCH3 is 1. The van der Waals surface area contributed by atoms with Crippen molar-refractivity contribution in [1.29, 1.82) is 0 Å². The Balaban J connectivity index is 1.84. The van der Waals surface area contributed by atoms with E-state index >= 15 is 0 Å². The molecule has 0 fully saturated rings. The molecular weight excluding hydrogens is 410 g/mol. The molecule has 3 aromatic rings. The number of ether oxygens (including phenoxy) is 2. The second-order valence-electron chi connectivity index (χ2n) is 8.13. The highest BCUT2D eigenvalue weighted by atomic mass is 16.5. The zero-order chi connectivity index (χ0) is 23.6. The fraction of sp³-hybridized carbons (Fsp3) is 0.310. The molecule has 3 aromatic carbocycles. The lowest BCUT2D eigenvalue weighted by Gasteiger charge is -2.18. The summed E-state index contributed by atoms with van der Waals surface area (Å²) in [5, 5.41) is 9.78. The average Bonchev–Trinajstić information content (AvgIpc) is 2.84. The van der Waals surface area contributed by atoms with Gasteiger partial charge in [-0.2, -0.15) is 0 Å². The fourth-order valence-electron chi connectivity index (χ4n) is 3.98. The number of phenolic OH excluding ortho intramolecular Hbond substituents is 1. The monoisotopic (exact) mass is 445 g/mol. The second-order valence-corrected chi connectivity index (χ2v) is 8.13. The smallest absolute Gasteiger partial charge is 0.119 e. The summed E-state index contributed by atoms with van der Waals surface area (Å²) in [4.78, 5) is 2.35. The summed E-state index contributed by atoms with van der Waals surface area (Å²) in [5.41, 5.74) is 5.85. The van der Waals surface area contributed by atoms with Gasteiger partial charge in [0.2, 0.25) is 0 Å². The zero-order valence-corrected chi connectivity index (χ0v) is 20.2. The molecule has 174 valence electrons. The van der Waals surface area contributed by atoms with Crippen molar-refractivity contribution < 1.29 is 14.6 Å². The molecule has 0 aliphatic heterocycles. The van der Waals surface area contributed by atoms with E-state index in [0.717, 1.165) is 48.7 Å². The molecule has 0 saturated carbocycles. The Morgan fingerprint density at radius 2 is 1.33 bits per heavy atom. The molecule has 0 aromatic heterocycles. The van der Waals surface area contributed by atoms with Crippen LogP contribution in [0.4, 0.5) is 0 Å². The first-order valence-electron chi connectivity index (χ1n) is 11.6. The van der Waals surface area contributed by atoms with Crippen LogP contribution in [-0.2, 0) is 6.42 Å². The SMILES string of the molecule is CCN(CC)CCOc1ccc(/C(=C(\C)Cc2ccc(OC)cc2)c2ccc(O)cc2)cc1. The molecule has 0 bridgehead atoms. The highest BCUT2D eigenvalue weighted by Gasteiger charge is 2.11. The summed E-state index contributed by atoms with van der Waals surface area (Å²) < 4.78 is 11.3. The molecule has 33 heavy (non-hydrogen) atoms. The summed E-state index contributed by atoms with van der Waals surface area (Å²) in [7, 11) is 1.68. The van der Waals surface area contributed by atoms with Crippen molar-refractivity contribution in [3.63, 3.8) is 0 Å². The van der Waals surface area contributed by atoms with Crippen LogP contribution in [0.2, 0.25) is 0 Å². The number of allylic oxidation sites excluding steroid dienone is 1. The van der Waals surface area contributed by atoms with Crippen LogP contribution in [0.25, 0.3) is 5.57 Å². The van der Waals surface area contributed by atoms with E-state index in [0.29, 0.717) is 6.61 Å². The Morgan fingerprint density at radius 1 is 0.788 bits per heavy atom. The van der Waals surface area contributed by atoms with Crippen molar-refractivity contribution in [2.75, 3.05) is 33.4 Å². The summed E-state index contributed by atoms with van der Waals surface area (Å²) >= 11 is 0. The Kier molecular flexibility index (Phi) is 8.96. The van der Waals surface area contributed by atoms with Crippen LogP contribution >= 0.6 is 0 Å². The predicted molar refractivity (Wildman–Crippen MR) is 136 cm³/mol. The molecule has 0 aliphatic rings. The van der Waals surface area contributed by atoms with Gasteiger partial charge in [-0.3, -0.25) is 0 Å². The van der Waals surface area contributed by atoms with Gasteiger partial charge in [-0.05, 0) is 85.1 Å². The van der Waals surface area contributed by atoms with Gasteiger partial charge >= 0.3 is 0 Å². The lowest BCUT2D eigenvalue weighted by molar-refractivity contribution is 0.223. The molecule has 4 nitrogen and oxygen atoms in total. The maximum Gasteiger partial charge on any atom is 0.119 e. The van der Waals surface area contributed by atoms with Crippen molar-refractivity contribution in [3.8, 4) is 17.2 Å². The summed E-state index contributed by atoms with van der Waals surface area (Å²) in [5.74, 6) is 2.00. The van der Waals surface area contributed by atoms with E-state index in [1.807, 2.05) is 36.4 Å². The van der Waals surface area contributed by atoms with E-state index in [-0.39, 0.29) is 5.75 Å². The molecule has 3 rings (SSSR count). The minimum atomic E-state index is 0.267. The number of likely N-dealkylation sites (N-methyl/N-ethyl adjacent to an activating group) is 1. The number of nitrogens with zero attached hydrogens (tertiary/aromatic N) is 1. The third-order valence-electron chi connectivity index (χ3n) is 5.92. The Morgan fingerprint density at radius 3 is 1.88 bits per heavy atom. The van der Waals surface area contributed by atoms with E-state index in [4.69, 9.17) is 9.47 Å². The van der Waals surface area contributed by atoms with Crippen LogP contribution in [0.3, 0.4) is 0 Å². The molecule has 0 radical (unpaired) electrons. The van der Waals surface area contributed by atoms with Crippen LogP contribution in [-0.4, -0.2) is 43.4 Å². The van der Waals surface area contributed by atoms with E-state index in [1.165, 1.54) is 16.7 Å². The molecule has 0 saturated heterocycles. The van der Waals surface area contributed by atoms with Crippen molar-refractivity contribution in [3.05, 3.63) is 95.1 Å². The minimum Gasteiger partial charge on any atom is -0.508 e. The molecule has 1 N–H and O–H groups in total. The predicted octanol–water partition coefficient (Wildman–Crippen LogP) is 6.19. The van der Waals surface area contributed by atoms with Crippen molar-refractivity contribution in [2.24, 2.45) is 0 Å². The van der Waals surface area contributed by atoms with Crippen molar-refractivity contribution >= 4 is 5.57 Å². The van der Waals surface area contributed by atoms with E-state index < -0.39 is 0 Å². The van der Waals surface area contributed by atoms with Gasteiger partial charge in [-0.1, -0.05) is 55.8 Å². The lowest BCUT2D eigenvalue weighted by atomic mass is 9.90. The van der Waals surface area contributed by atoms with Gasteiger partial charge in [0.25, 0.3) is 0 Å². The molecule has 0 aliphatic carbocycles. The third kappa shape index (κ3) is 6.87. The maximum absolute atomic E-state index is 9.78. The van der Waals surface area contributed by atoms with E-state index in [9.17, 15) is 5.11 Å². The van der Waals surface area contributed by atoms with Gasteiger partial charge in [0, 0.05) is 6.54 Å². The van der Waals surface area contributed by atoms with Gasteiger partial charge in [0.15, 0.2) is 0 Å². The molecule has 0 atom stereocenters. The van der Waals surface area contributed by atoms with Crippen molar-refractivity contribution in [1.82, 2.24) is 4.90 Å². The molecule has 0 heterocycles. The van der Waals surface area contributed by atoms with Gasteiger partial charge in [-0.15, -0.1) is 0 Å². The number of rotatable bonds is 11. The van der Waals surface area contributed by atoms with E-state index in [1.54, 1.807) is 19.2 Å². The van der Waals surface area contributed by atoms with Crippen LogP contribution in [0.5, 0.6) is 17.2 Å². The fourth-order valence-corrected chi connectivity index (χ4v) is 3.98. The second kappa shape index (κ2) is 12.1. The Bertz CT molecular complexity index is 1020. The highest BCUT2D eigenvalue weighted by molar-refractivity contribution is 5.82. The third-order valence-corrected chi connectivity index (χ3v) is 5.92. The number of hydrogen-bond acceptors (Lipinski definition) is 4. The number of benzene rings is 3. The summed E-state index contributed by atoms with van der Waals surface area (Å²) in [6.45, 7) is 10.2. The quantitative estimate of drug-likeness (QED) is 0.382. The zero-order valence-electron chi connectivity index (χ0n) is 20.2. The average molecular weight is 446 g/mol. The van der Waals surface area contributed by atoms with Gasteiger partial charge in [0.1, 0.15) is 23.9 Å². The van der Waals surface area contributed by atoms with Crippen molar-refractivity contribution in [2.45, 2.75) is 27.2 Å². The lowest BCUT2D eigenvalue weighted by Crippen LogP contribution is -2.27. The molecule has 0 amide bonds. The first kappa shape index (κ1) is 24.4. The standard InChI is InChI=1S/C29H35NO3/c1-5-30(6-2)19-20-33-28-17-11-25(12-18-28)29(24-9-13-26(31)14-10-24)22(3)21-23-7-15-27(32-4)16-8-23/h7-18,31H,5-6,19-21H2,1-4H3/b29-22+. The molecule has 0 unspecified atom stereocenters.